The lowest BCUT2D eigenvalue weighted by Crippen LogP contribution is -2.53. The van der Waals surface area contributed by atoms with Crippen molar-refractivity contribution < 1.29 is 24.3 Å². The van der Waals surface area contributed by atoms with Gasteiger partial charge >= 0.3 is 5.97 Å². The van der Waals surface area contributed by atoms with Crippen LogP contribution in [0.4, 0.5) is 0 Å². The molecule has 2 atom stereocenters. The molecule has 0 saturated carbocycles. The molecule has 45 heavy (non-hydrogen) atoms. The number of amides is 3. The van der Waals surface area contributed by atoms with Gasteiger partial charge in [-0.15, -0.1) is 0 Å². The van der Waals surface area contributed by atoms with Crippen molar-refractivity contribution in [1.29, 1.82) is 0 Å². The molecule has 1 rings (SSSR count). The topological polar surface area (TPSA) is 179 Å². The van der Waals surface area contributed by atoms with Crippen molar-refractivity contribution in [3.05, 3.63) is 18.2 Å². The number of nitrogens with two attached hydrogens (primary N) is 1. The van der Waals surface area contributed by atoms with Crippen molar-refractivity contribution in [3.8, 4) is 0 Å². The Labute approximate surface area is 275 Å². The predicted octanol–water partition coefficient (Wildman–Crippen LogP) is 4.81. The van der Waals surface area contributed by atoms with Crippen LogP contribution in [-0.4, -0.2) is 69.7 Å². The monoisotopic (exact) mass is 652 g/mol. The van der Waals surface area contributed by atoms with Gasteiger partial charge in [-0.25, -0.2) is 4.98 Å². The van der Waals surface area contributed by atoms with E-state index in [1.54, 1.807) is 12.5 Å². The largest absolute Gasteiger partial charge is 0.481 e. The van der Waals surface area contributed by atoms with Gasteiger partial charge in [0.15, 0.2) is 0 Å². The van der Waals surface area contributed by atoms with Crippen LogP contribution in [0.5, 0.6) is 0 Å². The Balaban J connectivity index is 1.96. The smallest absolute Gasteiger partial charge is 0.303 e. The third kappa shape index (κ3) is 23.4. The van der Waals surface area contributed by atoms with Gasteiger partial charge in [-0.3, -0.25) is 19.2 Å². The molecule has 0 aliphatic carbocycles. The zero-order chi connectivity index (χ0) is 33.0. The number of nitrogens with one attached hydrogen (secondary N) is 4. The van der Waals surface area contributed by atoms with Crippen LogP contribution in [0, 0.1) is 0 Å². The number of hydrogen-bond acceptors (Lipinski definition) is 7. The van der Waals surface area contributed by atoms with E-state index >= 15 is 0 Å². The maximum absolute atomic E-state index is 12.7. The second kappa shape index (κ2) is 27.7. The zero-order valence-corrected chi connectivity index (χ0v) is 28.2. The molecular weight excluding hydrogens is 592 g/mol. The maximum atomic E-state index is 12.7. The molecule has 3 amide bonds. The first-order valence-electron chi connectivity index (χ1n) is 17.2. The van der Waals surface area contributed by atoms with Gasteiger partial charge in [0.25, 0.3) is 0 Å². The fourth-order valence-electron chi connectivity index (χ4n) is 5.23. The fraction of sp³-hybridized carbons (Fsp3) is 0.788. The summed E-state index contributed by atoms with van der Waals surface area (Å²) in [6, 6.07) is -1.39. The molecule has 0 radical (unpaired) electrons. The summed E-state index contributed by atoms with van der Waals surface area (Å²) < 4.78 is 0. The molecule has 0 aliphatic heterocycles. The van der Waals surface area contributed by atoms with Gasteiger partial charge < -0.3 is 31.8 Å². The number of carbonyl (C=O) groups is 4. The summed E-state index contributed by atoms with van der Waals surface area (Å²) in [5.41, 5.74) is 6.13. The van der Waals surface area contributed by atoms with E-state index in [4.69, 9.17) is 10.8 Å². The number of unbranched alkanes of at least 4 members (excludes halogenated alkanes) is 16. The number of hydrogen-bond donors (Lipinski definition) is 7. The van der Waals surface area contributed by atoms with E-state index in [9.17, 15) is 19.2 Å². The highest BCUT2D eigenvalue weighted by Gasteiger charge is 2.23. The number of rotatable bonds is 31. The molecule has 11 nitrogen and oxygen atoms in total. The number of H-pyrrole nitrogens is 1. The molecule has 0 aliphatic rings. The van der Waals surface area contributed by atoms with Crippen LogP contribution in [0.15, 0.2) is 12.5 Å². The summed E-state index contributed by atoms with van der Waals surface area (Å²) in [6.07, 6.45) is 25.2. The van der Waals surface area contributed by atoms with Crippen LogP contribution in [0.3, 0.4) is 0 Å². The number of carboxylic acid groups (broad SMARTS) is 1. The van der Waals surface area contributed by atoms with Gasteiger partial charge in [-0.1, -0.05) is 89.9 Å². The maximum Gasteiger partial charge on any atom is 0.303 e. The van der Waals surface area contributed by atoms with E-state index < -0.39 is 24.0 Å². The highest BCUT2D eigenvalue weighted by atomic mass is 32.1. The van der Waals surface area contributed by atoms with Gasteiger partial charge in [0, 0.05) is 43.5 Å². The van der Waals surface area contributed by atoms with Crippen molar-refractivity contribution >= 4 is 36.3 Å². The number of nitrogens with zero attached hydrogens (tertiary/aromatic N) is 1. The summed E-state index contributed by atoms with van der Waals surface area (Å²) in [4.78, 5) is 53.9. The first-order valence-corrected chi connectivity index (χ1v) is 17.9. The molecule has 1 aromatic rings. The minimum atomic E-state index is -0.833. The number of aromatic nitrogens is 2. The molecule has 1 aromatic heterocycles. The summed E-state index contributed by atoms with van der Waals surface area (Å²) >= 11 is 4.09. The molecule has 0 bridgehead atoms. The first-order chi connectivity index (χ1) is 21.8. The highest BCUT2D eigenvalue weighted by Crippen LogP contribution is 2.14. The molecular formula is C33H60N6O5S. The molecule has 0 aromatic carbocycles. The molecule has 0 spiro atoms. The van der Waals surface area contributed by atoms with Gasteiger partial charge in [0.05, 0.1) is 12.4 Å². The molecule has 1 heterocycles. The molecule has 0 saturated heterocycles. The van der Waals surface area contributed by atoms with Crippen LogP contribution in [-0.2, 0) is 25.6 Å². The molecule has 2 unspecified atom stereocenters. The number of primary amides is 1. The third-order valence-electron chi connectivity index (χ3n) is 8.00. The Morgan fingerprint density at radius 2 is 1.27 bits per heavy atom. The number of aromatic amines is 1. The van der Waals surface area contributed by atoms with E-state index in [1.165, 1.54) is 70.6 Å². The Hall–Kier alpha value is -2.60. The van der Waals surface area contributed by atoms with Crippen molar-refractivity contribution in [2.24, 2.45) is 5.73 Å². The van der Waals surface area contributed by atoms with Crippen LogP contribution in [0.25, 0.3) is 0 Å². The van der Waals surface area contributed by atoms with Gasteiger partial charge in [-0.2, -0.15) is 12.6 Å². The van der Waals surface area contributed by atoms with Crippen molar-refractivity contribution in [2.45, 2.75) is 147 Å². The average Bonchev–Trinajstić information content (AvgIpc) is 3.53. The summed E-state index contributed by atoms with van der Waals surface area (Å²) in [5.74, 6) is -1.40. The summed E-state index contributed by atoms with van der Waals surface area (Å²) in [6.45, 7) is 1.19. The summed E-state index contributed by atoms with van der Waals surface area (Å²) in [7, 11) is 0. The lowest BCUT2D eigenvalue weighted by molar-refractivity contribution is -0.137. The molecule has 0 fully saturated rings. The zero-order valence-electron chi connectivity index (χ0n) is 27.3. The van der Waals surface area contributed by atoms with Crippen LogP contribution >= 0.6 is 12.6 Å². The van der Waals surface area contributed by atoms with E-state index in [1.807, 2.05) is 0 Å². The van der Waals surface area contributed by atoms with Gasteiger partial charge in [-0.05, 0) is 32.2 Å². The second-order valence-corrected chi connectivity index (χ2v) is 12.4. The number of carboxylic acids is 1. The summed E-state index contributed by atoms with van der Waals surface area (Å²) in [5, 5.41) is 17.5. The van der Waals surface area contributed by atoms with E-state index in [0.717, 1.165) is 50.6 Å². The average molecular weight is 653 g/mol. The van der Waals surface area contributed by atoms with Gasteiger partial charge in [0.1, 0.15) is 6.04 Å². The Morgan fingerprint density at radius 3 is 1.73 bits per heavy atom. The standard InChI is InChI=1S/C33H60N6O5S/c34-32(43)29(25-45)39-33(44)28(23-27-24-35-26-38-27)36-21-17-18-22-37-30(40)19-15-13-11-9-7-5-3-1-2-4-6-8-10-12-14-16-20-31(41)42/h24,26,28-29,36,45H,1-23,25H2,(H2,34,43)(H,35,38)(H,37,40)(H,39,44)(H,41,42). The highest BCUT2D eigenvalue weighted by molar-refractivity contribution is 7.80. The lowest BCUT2D eigenvalue weighted by atomic mass is 10.0. The molecule has 7 N–H and O–H groups in total. The van der Waals surface area contributed by atoms with E-state index in [2.05, 4.69) is 38.5 Å². The second-order valence-electron chi connectivity index (χ2n) is 12.0. The number of imidazole rings is 1. The molecule has 12 heteroatoms. The first kappa shape index (κ1) is 40.4. The lowest BCUT2D eigenvalue weighted by Gasteiger charge is -2.21. The van der Waals surface area contributed by atoms with Crippen LogP contribution in [0.2, 0.25) is 0 Å². The Kier molecular flexibility index (Phi) is 24.9. The number of aliphatic carboxylic acids is 1. The Morgan fingerprint density at radius 1 is 0.756 bits per heavy atom. The minimum Gasteiger partial charge on any atom is -0.481 e. The van der Waals surface area contributed by atoms with Crippen molar-refractivity contribution in [1.82, 2.24) is 25.9 Å². The molecule has 258 valence electrons. The van der Waals surface area contributed by atoms with Crippen molar-refractivity contribution in [3.63, 3.8) is 0 Å². The van der Waals surface area contributed by atoms with E-state index in [-0.39, 0.29) is 17.6 Å². The van der Waals surface area contributed by atoms with Crippen LogP contribution in [0.1, 0.15) is 134 Å². The fourth-order valence-corrected chi connectivity index (χ4v) is 5.50. The van der Waals surface area contributed by atoms with Gasteiger partial charge in [0.2, 0.25) is 17.7 Å². The third-order valence-corrected chi connectivity index (χ3v) is 8.36. The number of thiol groups is 1. The van der Waals surface area contributed by atoms with Crippen molar-refractivity contribution in [2.75, 3.05) is 18.8 Å². The number of carbonyl (C=O) groups excluding carboxylic acids is 3. The normalized spacial score (nSPS) is 12.5. The minimum absolute atomic E-state index is 0.0990. The van der Waals surface area contributed by atoms with Crippen LogP contribution < -0.4 is 21.7 Å². The Bertz CT molecular complexity index is 917. The quantitative estimate of drug-likeness (QED) is 0.0444. The predicted molar refractivity (Wildman–Crippen MR) is 182 cm³/mol. The van der Waals surface area contributed by atoms with E-state index in [0.29, 0.717) is 32.4 Å². The SMILES string of the molecule is NC(=O)C(CS)NC(=O)C(Cc1cnc[nH]1)NCCCCNC(=O)CCCCCCCCCCCCCCCCCCC(=O)O.